The predicted octanol–water partition coefficient (Wildman–Crippen LogP) is 2.14. The van der Waals surface area contributed by atoms with Crippen LogP contribution in [-0.2, 0) is 6.42 Å². The lowest BCUT2D eigenvalue weighted by Crippen LogP contribution is -2.06. The molecule has 0 saturated heterocycles. The van der Waals surface area contributed by atoms with E-state index in [1.807, 2.05) is 16.8 Å². The number of aryl methyl sites for hydroxylation is 1. The molecule has 82 valence electrons. The second-order valence-electron chi connectivity index (χ2n) is 3.41. The zero-order chi connectivity index (χ0) is 11.5. The topological polar surface area (TPSA) is 63.1 Å². The van der Waals surface area contributed by atoms with E-state index in [1.54, 1.807) is 18.3 Å². The number of aromatic carboxylic acids is 1. The largest absolute Gasteiger partial charge is 0.477 e. The van der Waals surface area contributed by atoms with Crippen LogP contribution in [0, 0.1) is 6.92 Å². The van der Waals surface area contributed by atoms with E-state index >= 15 is 0 Å². The van der Waals surface area contributed by atoms with Crippen LogP contribution in [0.4, 0.5) is 0 Å². The van der Waals surface area contributed by atoms with Crippen LogP contribution < -0.4 is 0 Å². The van der Waals surface area contributed by atoms with E-state index in [-0.39, 0.29) is 5.69 Å². The minimum Gasteiger partial charge on any atom is -0.477 e. The van der Waals surface area contributed by atoms with Crippen molar-refractivity contribution in [1.82, 2.24) is 9.97 Å². The number of thiophene rings is 1. The highest BCUT2D eigenvalue weighted by molar-refractivity contribution is 7.07. The molecule has 0 saturated carbocycles. The van der Waals surface area contributed by atoms with E-state index in [2.05, 4.69) is 9.97 Å². The van der Waals surface area contributed by atoms with Crippen molar-refractivity contribution in [1.29, 1.82) is 0 Å². The highest BCUT2D eigenvalue weighted by atomic mass is 32.1. The zero-order valence-corrected chi connectivity index (χ0v) is 9.49. The maximum Gasteiger partial charge on any atom is 0.354 e. The quantitative estimate of drug-likeness (QED) is 0.883. The molecule has 0 aliphatic carbocycles. The fourth-order valence-corrected chi connectivity index (χ4v) is 2.10. The number of nitrogens with zero attached hydrogens (tertiary/aromatic N) is 2. The Bertz CT molecular complexity index is 509. The van der Waals surface area contributed by atoms with Gasteiger partial charge in [-0.15, -0.1) is 0 Å². The molecule has 2 rings (SSSR count). The van der Waals surface area contributed by atoms with Gasteiger partial charge in [-0.05, 0) is 35.4 Å². The van der Waals surface area contributed by atoms with Gasteiger partial charge in [0.2, 0.25) is 0 Å². The standard InChI is InChI=1S/C11H10N2O2S/c1-7-12-9(4-8-2-3-16-6-8)5-10(13-7)11(14)15/h2-3,5-6H,4H2,1H3,(H,14,15). The summed E-state index contributed by atoms with van der Waals surface area (Å²) in [7, 11) is 0. The van der Waals surface area contributed by atoms with Gasteiger partial charge in [-0.25, -0.2) is 14.8 Å². The van der Waals surface area contributed by atoms with Crippen molar-refractivity contribution >= 4 is 17.3 Å². The first-order chi connectivity index (χ1) is 7.65. The molecule has 0 aromatic carbocycles. The van der Waals surface area contributed by atoms with Gasteiger partial charge in [0.25, 0.3) is 0 Å². The first-order valence-electron chi connectivity index (χ1n) is 4.74. The van der Waals surface area contributed by atoms with Crippen molar-refractivity contribution in [3.05, 3.63) is 45.7 Å². The molecule has 0 unspecified atom stereocenters. The normalized spacial score (nSPS) is 10.3. The SMILES string of the molecule is Cc1nc(Cc2ccsc2)cc(C(=O)O)n1. The lowest BCUT2D eigenvalue weighted by molar-refractivity contribution is 0.0689. The lowest BCUT2D eigenvalue weighted by atomic mass is 10.1. The summed E-state index contributed by atoms with van der Waals surface area (Å²) >= 11 is 1.61. The minimum absolute atomic E-state index is 0.0535. The number of carbonyl (C=O) groups is 1. The maximum atomic E-state index is 10.8. The lowest BCUT2D eigenvalue weighted by Gasteiger charge is -2.02. The van der Waals surface area contributed by atoms with Crippen LogP contribution in [0.25, 0.3) is 0 Å². The number of carboxylic acids is 1. The van der Waals surface area contributed by atoms with E-state index in [1.165, 1.54) is 6.07 Å². The number of aromatic nitrogens is 2. The number of hydrogen-bond acceptors (Lipinski definition) is 4. The smallest absolute Gasteiger partial charge is 0.354 e. The second kappa shape index (κ2) is 4.40. The fourth-order valence-electron chi connectivity index (χ4n) is 1.43. The van der Waals surface area contributed by atoms with Gasteiger partial charge in [0.15, 0.2) is 5.69 Å². The van der Waals surface area contributed by atoms with Crippen molar-refractivity contribution in [2.24, 2.45) is 0 Å². The maximum absolute atomic E-state index is 10.8. The van der Waals surface area contributed by atoms with Gasteiger partial charge >= 0.3 is 5.97 Å². The van der Waals surface area contributed by atoms with Crippen molar-refractivity contribution in [3.63, 3.8) is 0 Å². The van der Waals surface area contributed by atoms with Crippen molar-refractivity contribution in [3.8, 4) is 0 Å². The molecular weight excluding hydrogens is 224 g/mol. The summed E-state index contributed by atoms with van der Waals surface area (Å²) < 4.78 is 0. The zero-order valence-electron chi connectivity index (χ0n) is 8.67. The molecule has 0 bridgehead atoms. The average molecular weight is 234 g/mol. The van der Waals surface area contributed by atoms with Crippen molar-refractivity contribution < 1.29 is 9.90 Å². The molecule has 0 spiro atoms. The van der Waals surface area contributed by atoms with Crippen LogP contribution in [0.3, 0.4) is 0 Å². The van der Waals surface area contributed by atoms with Crippen molar-refractivity contribution in [2.45, 2.75) is 13.3 Å². The third-order valence-electron chi connectivity index (χ3n) is 2.08. The Balaban J connectivity index is 2.31. The van der Waals surface area contributed by atoms with Gasteiger partial charge in [-0.1, -0.05) is 0 Å². The monoisotopic (exact) mass is 234 g/mol. The van der Waals surface area contributed by atoms with Crippen LogP contribution in [-0.4, -0.2) is 21.0 Å². The molecule has 0 aliphatic heterocycles. The Labute approximate surface area is 96.6 Å². The summed E-state index contributed by atoms with van der Waals surface area (Å²) in [5, 5.41) is 12.9. The first-order valence-corrected chi connectivity index (χ1v) is 5.68. The molecule has 2 aromatic heterocycles. The van der Waals surface area contributed by atoms with Crippen LogP contribution in [0.2, 0.25) is 0 Å². The van der Waals surface area contributed by atoms with Crippen LogP contribution in [0.15, 0.2) is 22.9 Å². The Morgan fingerprint density at radius 3 is 2.94 bits per heavy atom. The number of carboxylic acid groups (broad SMARTS) is 1. The van der Waals surface area contributed by atoms with Gasteiger partial charge in [-0.3, -0.25) is 0 Å². The summed E-state index contributed by atoms with van der Waals surface area (Å²) in [5.41, 5.74) is 1.93. The Morgan fingerprint density at radius 2 is 2.31 bits per heavy atom. The fraction of sp³-hybridized carbons (Fsp3) is 0.182. The summed E-state index contributed by atoms with van der Waals surface area (Å²) in [6.45, 7) is 1.70. The van der Waals surface area contributed by atoms with E-state index < -0.39 is 5.97 Å². The summed E-state index contributed by atoms with van der Waals surface area (Å²) in [6.07, 6.45) is 0.646. The van der Waals surface area contributed by atoms with Gasteiger partial charge in [0.05, 0.1) is 0 Å². The highest BCUT2D eigenvalue weighted by Crippen LogP contribution is 2.12. The summed E-state index contributed by atoms with van der Waals surface area (Å²) in [5.74, 6) is -0.526. The average Bonchev–Trinajstić information content (AvgIpc) is 2.69. The molecule has 5 heteroatoms. The molecule has 0 radical (unpaired) electrons. The van der Waals surface area contributed by atoms with E-state index in [4.69, 9.17) is 5.11 Å². The minimum atomic E-state index is -1.02. The third-order valence-corrected chi connectivity index (χ3v) is 2.81. The molecule has 16 heavy (non-hydrogen) atoms. The molecular formula is C11H10N2O2S. The molecule has 1 N–H and O–H groups in total. The van der Waals surface area contributed by atoms with Gasteiger partial charge < -0.3 is 5.11 Å². The van der Waals surface area contributed by atoms with E-state index in [9.17, 15) is 4.79 Å². The molecule has 0 atom stereocenters. The highest BCUT2D eigenvalue weighted by Gasteiger charge is 2.08. The predicted molar refractivity (Wildman–Crippen MR) is 60.9 cm³/mol. The summed E-state index contributed by atoms with van der Waals surface area (Å²) in [4.78, 5) is 18.9. The third kappa shape index (κ3) is 2.43. The first kappa shape index (κ1) is 10.8. The molecule has 2 heterocycles. The Kier molecular flexibility index (Phi) is 2.96. The van der Waals surface area contributed by atoms with Crippen LogP contribution >= 0.6 is 11.3 Å². The van der Waals surface area contributed by atoms with Gasteiger partial charge in [0, 0.05) is 12.1 Å². The van der Waals surface area contributed by atoms with Crippen LogP contribution in [0.1, 0.15) is 27.6 Å². The van der Waals surface area contributed by atoms with Gasteiger partial charge in [0.1, 0.15) is 5.82 Å². The second-order valence-corrected chi connectivity index (χ2v) is 4.19. The van der Waals surface area contributed by atoms with Crippen LogP contribution in [0.5, 0.6) is 0 Å². The molecule has 2 aromatic rings. The Morgan fingerprint density at radius 1 is 1.50 bits per heavy atom. The molecule has 0 aliphatic rings. The molecule has 0 fully saturated rings. The number of hydrogen-bond donors (Lipinski definition) is 1. The Hall–Kier alpha value is -1.75. The van der Waals surface area contributed by atoms with Crippen molar-refractivity contribution in [2.75, 3.05) is 0 Å². The summed E-state index contributed by atoms with van der Waals surface area (Å²) in [6, 6.07) is 3.52. The van der Waals surface area contributed by atoms with E-state index in [0.29, 0.717) is 12.2 Å². The molecule has 0 amide bonds. The van der Waals surface area contributed by atoms with Gasteiger partial charge in [-0.2, -0.15) is 11.3 Å². The molecule has 4 nitrogen and oxygen atoms in total. The number of rotatable bonds is 3. The van der Waals surface area contributed by atoms with E-state index in [0.717, 1.165) is 11.3 Å².